The van der Waals surface area contributed by atoms with Gasteiger partial charge in [0, 0.05) is 30.0 Å². The van der Waals surface area contributed by atoms with E-state index in [1.54, 1.807) is 0 Å². The average molecular weight is 268 g/mol. The molecule has 1 aromatic rings. The minimum Gasteiger partial charge on any atom is -0.381 e. The van der Waals surface area contributed by atoms with Crippen molar-refractivity contribution in [3.05, 3.63) is 34.9 Å². The molecule has 18 heavy (non-hydrogen) atoms. The van der Waals surface area contributed by atoms with E-state index in [1.165, 1.54) is 5.56 Å². The van der Waals surface area contributed by atoms with E-state index in [-0.39, 0.29) is 11.9 Å². The summed E-state index contributed by atoms with van der Waals surface area (Å²) in [5.41, 5.74) is 1.21. The van der Waals surface area contributed by atoms with Gasteiger partial charge in [0.15, 0.2) is 0 Å². The molecule has 1 fully saturated rings. The monoisotopic (exact) mass is 267 g/mol. The van der Waals surface area contributed by atoms with Crippen LogP contribution in [0.1, 0.15) is 31.2 Å². The van der Waals surface area contributed by atoms with Crippen molar-refractivity contribution >= 4 is 17.5 Å². The van der Waals surface area contributed by atoms with Gasteiger partial charge in [-0.2, -0.15) is 0 Å². The quantitative estimate of drug-likeness (QED) is 0.805. The van der Waals surface area contributed by atoms with Gasteiger partial charge >= 0.3 is 0 Å². The number of rotatable bonds is 6. The second kappa shape index (κ2) is 6.21. The predicted molar refractivity (Wildman–Crippen MR) is 71.9 cm³/mol. The van der Waals surface area contributed by atoms with Crippen molar-refractivity contribution in [3.8, 4) is 0 Å². The predicted octanol–water partition coefficient (Wildman–Crippen LogP) is 2.74. The lowest BCUT2D eigenvalue weighted by Crippen LogP contribution is -2.27. The number of carbonyl (C=O) groups excluding carboxylic acids is 1. The van der Waals surface area contributed by atoms with Crippen LogP contribution in [-0.2, 0) is 9.53 Å². The lowest BCUT2D eigenvalue weighted by molar-refractivity contribution is -0.122. The molecule has 1 saturated carbocycles. The third-order valence-electron chi connectivity index (χ3n) is 3.09. The summed E-state index contributed by atoms with van der Waals surface area (Å²) in [6.07, 6.45) is 1.44. The van der Waals surface area contributed by atoms with E-state index in [0.717, 1.165) is 11.4 Å². The molecular formula is C14H18ClNO2. The van der Waals surface area contributed by atoms with E-state index in [2.05, 4.69) is 11.4 Å². The van der Waals surface area contributed by atoms with E-state index in [4.69, 9.17) is 16.3 Å². The number of hydrogen-bond acceptors (Lipinski definition) is 2. The molecule has 0 heterocycles. The van der Waals surface area contributed by atoms with Gasteiger partial charge in [-0.1, -0.05) is 23.7 Å². The maximum absolute atomic E-state index is 11.6. The van der Waals surface area contributed by atoms with Crippen molar-refractivity contribution < 1.29 is 9.53 Å². The van der Waals surface area contributed by atoms with E-state index in [1.807, 2.05) is 25.1 Å². The highest BCUT2D eigenvalue weighted by Gasteiger charge is 2.39. The Hall–Kier alpha value is -1.06. The maximum Gasteiger partial charge on any atom is 0.222 e. The third kappa shape index (κ3) is 3.72. The number of hydrogen-bond donors (Lipinski definition) is 1. The number of benzene rings is 1. The Bertz CT molecular complexity index is 422. The molecule has 0 unspecified atom stereocenters. The Morgan fingerprint density at radius 2 is 2.39 bits per heavy atom. The molecule has 2 rings (SSSR count). The van der Waals surface area contributed by atoms with E-state index < -0.39 is 0 Å². The molecular weight excluding hydrogens is 250 g/mol. The van der Waals surface area contributed by atoms with Gasteiger partial charge in [0.25, 0.3) is 0 Å². The highest BCUT2D eigenvalue weighted by molar-refractivity contribution is 6.30. The summed E-state index contributed by atoms with van der Waals surface area (Å²) in [5.74, 6) is 0.484. The van der Waals surface area contributed by atoms with Crippen molar-refractivity contribution in [2.24, 2.45) is 0 Å². The molecule has 1 aliphatic carbocycles. The Morgan fingerprint density at radius 1 is 1.56 bits per heavy atom. The Labute approximate surface area is 112 Å². The molecule has 1 N–H and O–H groups in total. The fourth-order valence-corrected chi connectivity index (χ4v) is 2.25. The average Bonchev–Trinajstić information content (AvgIpc) is 3.08. The maximum atomic E-state index is 11.6. The molecule has 3 nitrogen and oxygen atoms in total. The van der Waals surface area contributed by atoms with Crippen molar-refractivity contribution in [2.75, 3.05) is 13.2 Å². The van der Waals surface area contributed by atoms with Gasteiger partial charge in [0.1, 0.15) is 0 Å². The molecule has 0 aliphatic heterocycles. The van der Waals surface area contributed by atoms with Crippen LogP contribution in [0.3, 0.4) is 0 Å². The summed E-state index contributed by atoms with van der Waals surface area (Å²) < 4.78 is 5.16. The first-order chi connectivity index (χ1) is 8.70. The zero-order valence-electron chi connectivity index (χ0n) is 10.5. The van der Waals surface area contributed by atoms with E-state index >= 15 is 0 Å². The van der Waals surface area contributed by atoms with Crippen LogP contribution in [0.25, 0.3) is 0 Å². The lowest BCUT2D eigenvalue weighted by atomic mass is 10.1. The number of amides is 1. The molecule has 1 aromatic carbocycles. The number of ether oxygens (including phenoxy) is 1. The number of nitrogens with one attached hydrogen (secondary N) is 1. The summed E-state index contributed by atoms with van der Waals surface area (Å²) in [5, 5.41) is 3.77. The van der Waals surface area contributed by atoms with Crippen molar-refractivity contribution in [2.45, 2.75) is 31.7 Å². The fraction of sp³-hybridized carbons (Fsp3) is 0.500. The van der Waals surface area contributed by atoms with Crippen LogP contribution in [0.5, 0.6) is 0 Å². The number of halogens is 1. The molecule has 0 saturated heterocycles. The normalized spacial score (nSPS) is 21.7. The second-order valence-electron chi connectivity index (χ2n) is 4.52. The first-order valence-corrected chi connectivity index (χ1v) is 6.71. The van der Waals surface area contributed by atoms with Gasteiger partial charge in [-0.25, -0.2) is 0 Å². The lowest BCUT2D eigenvalue weighted by Gasteiger charge is -2.05. The van der Waals surface area contributed by atoms with Gasteiger partial charge in [0.2, 0.25) is 5.91 Å². The van der Waals surface area contributed by atoms with Crippen LogP contribution >= 0.6 is 11.6 Å². The molecule has 0 aromatic heterocycles. The minimum absolute atomic E-state index is 0.0676. The first kappa shape index (κ1) is 13.4. The van der Waals surface area contributed by atoms with Crippen LogP contribution in [0, 0.1) is 0 Å². The summed E-state index contributed by atoms with van der Waals surface area (Å²) >= 11 is 5.95. The van der Waals surface area contributed by atoms with Crippen LogP contribution in [0.2, 0.25) is 5.02 Å². The zero-order valence-corrected chi connectivity index (χ0v) is 11.2. The van der Waals surface area contributed by atoms with Gasteiger partial charge in [0.05, 0.1) is 6.61 Å². The van der Waals surface area contributed by atoms with Crippen LogP contribution in [0.4, 0.5) is 0 Å². The highest BCUT2D eigenvalue weighted by Crippen LogP contribution is 2.41. The molecule has 1 amide bonds. The summed E-state index contributed by atoms with van der Waals surface area (Å²) in [4.78, 5) is 11.6. The van der Waals surface area contributed by atoms with Crippen LogP contribution in [0.15, 0.2) is 24.3 Å². The SMILES string of the molecule is CCOCCC(=O)N[C@@H]1C[C@H]1c1cccc(Cl)c1. The van der Waals surface area contributed by atoms with Crippen LogP contribution in [-0.4, -0.2) is 25.2 Å². The topological polar surface area (TPSA) is 38.3 Å². The van der Waals surface area contributed by atoms with Gasteiger partial charge in [-0.05, 0) is 31.0 Å². The molecule has 4 heteroatoms. The van der Waals surface area contributed by atoms with Crippen molar-refractivity contribution in [1.29, 1.82) is 0 Å². The number of carbonyl (C=O) groups is 1. The van der Waals surface area contributed by atoms with Crippen LogP contribution < -0.4 is 5.32 Å². The molecule has 1 aliphatic rings. The Morgan fingerprint density at radius 3 is 3.11 bits per heavy atom. The molecule has 98 valence electrons. The summed E-state index contributed by atoms with van der Waals surface area (Å²) in [6.45, 7) is 3.08. The van der Waals surface area contributed by atoms with E-state index in [0.29, 0.717) is 25.6 Å². The van der Waals surface area contributed by atoms with Gasteiger partial charge < -0.3 is 10.1 Å². The van der Waals surface area contributed by atoms with Crippen molar-refractivity contribution in [1.82, 2.24) is 5.32 Å². The zero-order chi connectivity index (χ0) is 13.0. The third-order valence-corrected chi connectivity index (χ3v) is 3.33. The molecule has 2 atom stereocenters. The minimum atomic E-state index is 0.0676. The second-order valence-corrected chi connectivity index (χ2v) is 4.95. The molecule has 0 bridgehead atoms. The van der Waals surface area contributed by atoms with Gasteiger partial charge in [-0.3, -0.25) is 4.79 Å². The Kier molecular flexibility index (Phi) is 4.61. The highest BCUT2D eigenvalue weighted by atomic mass is 35.5. The summed E-state index contributed by atoms with van der Waals surface area (Å²) in [6, 6.07) is 8.10. The van der Waals surface area contributed by atoms with E-state index in [9.17, 15) is 4.79 Å². The van der Waals surface area contributed by atoms with Crippen molar-refractivity contribution in [3.63, 3.8) is 0 Å². The Balaban J connectivity index is 1.76. The standard InChI is InChI=1S/C14H18ClNO2/c1-2-18-7-6-14(17)16-13-9-12(13)10-4-3-5-11(15)8-10/h3-5,8,12-13H,2,6-7,9H2,1H3,(H,16,17)/t12-,13+/m0/s1. The smallest absolute Gasteiger partial charge is 0.222 e. The summed E-state index contributed by atoms with van der Waals surface area (Å²) in [7, 11) is 0. The molecule has 0 spiro atoms. The molecule has 0 radical (unpaired) electrons. The first-order valence-electron chi connectivity index (χ1n) is 6.33. The largest absolute Gasteiger partial charge is 0.381 e. The fourth-order valence-electron chi connectivity index (χ4n) is 2.05. The van der Waals surface area contributed by atoms with Gasteiger partial charge in [-0.15, -0.1) is 0 Å².